The molecule has 0 atom stereocenters. The Kier molecular flexibility index (Phi) is 4.73. The van der Waals surface area contributed by atoms with Crippen LogP contribution in [0.3, 0.4) is 0 Å². The summed E-state index contributed by atoms with van der Waals surface area (Å²) in [5.74, 6) is 0.908. The van der Waals surface area contributed by atoms with E-state index in [0.29, 0.717) is 25.3 Å². The number of phenolic OH excluding ortho intramolecular Hbond substituents is 1. The van der Waals surface area contributed by atoms with Crippen LogP contribution >= 0.6 is 0 Å². The van der Waals surface area contributed by atoms with E-state index in [4.69, 9.17) is 4.74 Å². The van der Waals surface area contributed by atoms with Crippen LogP contribution in [0.1, 0.15) is 15.9 Å². The molecule has 1 saturated heterocycles. The summed E-state index contributed by atoms with van der Waals surface area (Å²) in [7, 11) is 0. The molecule has 1 aromatic carbocycles. The van der Waals surface area contributed by atoms with Gasteiger partial charge in [-0.25, -0.2) is 4.98 Å². The van der Waals surface area contributed by atoms with Crippen LogP contribution in [-0.2, 0) is 11.3 Å². The second-order valence-electron chi connectivity index (χ2n) is 5.35. The number of hydrogen-bond acceptors (Lipinski definition) is 5. The van der Waals surface area contributed by atoms with E-state index in [1.165, 1.54) is 0 Å². The third kappa shape index (κ3) is 3.98. The summed E-state index contributed by atoms with van der Waals surface area (Å²) in [6.07, 6.45) is 1.59. The Hall–Kier alpha value is -2.60. The number of morpholine rings is 1. The number of ether oxygens (including phenoxy) is 1. The van der Waals surface area contributed by atoms with Crippen molar-refractivity contribution in [2.45, 2.75) is 6.54 Å². The number of rotatable bonds is 4. The minimum Gasteiger partial charge on any atom is -0.508 e. The van der Waals surface area contributed by atoms with Crippen molar-refractivity contribution >= 4 is 11.7 Å². The summed E-state index contributed by atoms with van der Waals surface area (Å²) in [4.78, 5) is 18.6. The summed E-state index contributed by atoms with van der Waals surface area (Å²) in [5, 5.41) is 12.1. The van der Waals surface area contributed by atoms with E-state index in [-0.39, 0.29) is 11.7 Å². The maximum absolute atomic E-state index is 12.1. The fraction of sp³-hybridized carbons (Fsp3) is 0.294. The van der Waals surface area contributed by atoms with Crippen molar-refractivity contribution in [2.75, 3.05) is 31.2 Å². The number of phenols is 1. The maximum atomic E-state index is 12.1. The lowest BCUT2D eigenvalue weighted by Gasteiger charge is -2.27. The molecule has 3 rings (SSSR count). The van der Waals surface area contributed by atoms with Crippen LogP contribution in [-0.4, -0.2) is 42.3 Å². The standard InChI is InChI=1S/C17H19N3O3/c21-15-4-1-13(2-5-15)11-19-17(22)14-3-6-16(18-12-14)20-7-9-23-10-8-20/h1-6,12,21H,7-11H2,(H,19,22). The molecule has 120 valence electrons. The number of carbonyl (C=O) groups is 1. The third-order valence-electron chi connectivity index (χ3n) is 3.73. The zero-order chi connectivity index (χ0) is 16.1. The van der Waals surface area contributed by atoms with E-state index < -0.39 is 0 Å². The molecule has 2 heterocycles. The van der Waals surface area contributed by atoms with Gasteiger partial charge in [0.1, 0.15) is 11.6 Å². The number of carbonyl (C=O) groups excluding carboxylic acids is 1. The molecule has 1 aromatic heterocycles. The molecule has 6 heteroatoms. The van der Waals surface area contributed by atoms with Gasteiger partial charge in [0.05, 0.1) is 18.8 Å². The van der Waals surface area contributed by atoms with Crippen molar-refractivity contribution in [3.8, 4) is 5.75 Å². The zero-order valence-corrected chi connectivity index (χ0v) is 12.7. The molecule has 23 heavy (non-hydrogen) atoms. The largest absolute Gasteiger partial charge is 0.508 e. The van der Waals surface area contributed by atoms with Gasteiger partial charge < -0.3 is 20.1 Å². The highest BCUT2D eigenvalue weighted by Crippen LogP contribution is 2.13. The molecule has 0 saturated carbocycles. The predicted molar refractivity (Wildman–Crippen MR) is 86.5 cm³/mol. The summed E-state index contributed by atoms with van der Waals surface area (Å²) in [6, 6.07) is 10.4. The van der Waals surface area contributed by atoms with Crippen molar-refractivity contribution in [1.82, 2.24) is 10.3 Å². The normalized spacial score (nSPS) is 14.5. The monoisotopic (exact) mass is 313 g/mol. The Morgan fingerprint density at radius 3 is 2.57 bits per heavy atom. The molecule has 0 bridgehead atoms. The summed E-state index contributed by atoms with van der Waals surface area (Å²) in [6.45, 7) is 3.45. The average Bonchev–Trinajstić information content (AvgIpc) is 2.62. The number of amides is 1. The maximum Gasteiger partial charge on any atom is 0.253 e. The zero-order valence-electron chi connectivity index (χ0n) is 12.7. The molecule has 6 nitrogen and oxygen atoms in total. The second kappa shape index (κ2) is 7.11. The number of hydrogen-bond donors (Lipinski definition) is 2. The van der Waals surface area contributed by atoms with Gasteiger partial charge in [-0.3, -0.25) is 4.79 Å². The van der Waals surface area contributed by atoms with Crippen LogP contribution in [0.15, 0.2) is 42.6 Å². The Bertz CT molecular complexity index is 650. The molecule has 2 aromatic rings. The topological polar surface area (TPSA) is 74.7 Å². The fourth-order valence-electron chi connectivity index (χ4n) is 2.40. The highest BCUT2D eigenvalue weighted by molar-refractivity contribution is 5.94. The molecule has 1 aliphatic rings. The van der Waals surface area contributed by atoms with E-state index in [9.17, 15) is 9.90 Å². The van der Waals surface area contributed by atoms with E-state index in [0.717, 1.165) is 24.5 Å². The van der Waals surface area contributed by atoms with Crippen LogP contribution in [0.4, 0.5) is 5.82 Å². The van der Waals surface area contributed by atoms with E-state index >= 15 is 0 Å². The first-order valence-corrected chi connectivity index (χ1v) is 7.57. The molecule has 0 radical (unpaired) electrons. The van der Waals surface area contributed by atoms with Crippen molar-refractivity contribution in [3.05, 3.63) is 53.7 Å². The SMILES string of the molecule is O=C(NCc1ccc(O)cc1)c1ccc(N2CCOCC2)nc1. The smallest absolute Gasteiger partial charge is 0.253 e. The molecule has 1 fully saturated rings. The number of benzene rings is 1. The highest BCUT2D eigenvalue weighted by Gasteiger charge is 2.13. The van der Waals surface area contributed by atoms with Gasteiger partial charge in [0.25, 0.3) is 5.91 Å². The third-order valence-corrected chi connectivity index (χ3v) is 3.73. The Balaban J connectivity index is 1.57. The fourth-order valence-corrected chi connectivity index (χ4v) is 2.40. The molecule has 1 amide bonds. The molecular formula is C17H19N3O3. The van der Waals surface area contributed by atoms with E-state index in [2.05, 4.69) is 15.2 Å². The Labute approximate surface area is 134 Å². The predicted octanol–water partition coefficient (Wildman–Crippen LogP) is 1.55. The highest BCUT2D eigenvalue weighted by atomic mass is 16.5. The summed E-state index contributed by atoms with van der Waals surface area (Å²) < 4.78 is 5.32. The van der Waals surface area contributed by atoms with Gasteiger partial charge in [-0.15, -0.1) is 0 Å². The average molecular weight is 313 g/mol. The first-order chi connectivity index (χ1) is 11.2. The van der Waals surface area contributed by atoms with Crippen LogP contribution in [0.25, 0.3) is 0 Å². The van der Waals surface area contributed by atoms with Crippen molar-refractivity contribution in [2.24, 2.45) is 0 Å². The number of pyridine rings is 1. The van der Waals surface area contributed by atoms with Gasteiger partial charge in [0.2, 0.25) is 0 Å². The van der Waals surface area contributed by atoms with Crippen molar-refractivity contribution in [1.29, 1.82) is 0 Å². The molecular weight excluding hydrogens is 294 g/mol. The first-order valence-electron chi connectivity index (χ1n) is 7.57. The van der Waals surface area contributed by atoms with E-state index in [1.54, 1.807) is 36.5 Å². The van der Waals surface area contributed by atoms with Crippen LogP contribution in [0, 0.1) is 0 Å². The quantitative estimate of drug-likeness (QED) is 0.896. The van der Waals surface area contributed by atoms with Crippen LogP contribution in [0.5, 0.6) is 5.75 Å². The number of aromatic nitrogens is 1. The summed E-state index contributed by atoms with van der Waals surface area (Å²) >= 11 is 0. The minimum atomic E-state index is -0.167. The van der Waals surface area contributed by atoms with Gasteiger partial charge in [-0.2, -0.15) is 0 Å². The molecule has 2 N–H and O–H groups in total. The molecule has 0 unspecified atom stereocenters. The van der Waals surface area contributed by atoms with Gasteiger partial charge in [-0.05, 0) is 29.8 Å². The Morgan fingerprint density at radius 2 is 1.91 bits per heavy atom. The van der Waals surface area contributed by atoms with Gasteiger partial charge in [0.15, 0.2) is 0 Å². The second-order valence-corrected chi connectivity index (χ2v) is 5.35. The lowest BCUT2D eigenvalue weighted by atomic mass is 10.2. The lowest BCUT2D eigenvalue weighted by molar-refractivity contribution is 0.0950. The molecule has 0 aliphatic carbocycles. The Morgan fingerprint density at radius 1 is 1.17 bits per heavy atom. The first kappa shape index (κ1) is 15.3. The number of nitrogens with one attached hydrogen (secondary N) is 1. The number of anilines is 1. The minimum absolute atomic E-state index is 0.167. The van der Waals surface area contributed by atoms with E-state index in [1.807, 2.05) is 6.07 Å². The van der Waals surface area contributed by atoms with Gasteiger partial charge in [-0.1, -0.05) is 12.1 Å². The van der Waals surface area contributed by atoms with Crippen LogP contribution in [0.2, 0.25) is 0 Å². The van der Waals surface area contributed by atoms with Crippen molar-refractivity contribution < 1.29 is 14.6 Å². The van der Waals surface area contributed by atoms with Crippen molar-refractivity contribution in [3.63, 3.8) is 0 Å². The lowest BCUT2D eigenvalue weighted by Crippen LogP contribution is -2.36. The molecule has 0 spiro atoms. The van der Waals surface area contributed by atoms with Crippen LogP contribution < -0.4 is 10.2 Å². The number of nitrogens with zero attached hydrogens (tertiary/aromatic N) is 2. The molecule has 1 aliphatic heterocycles. The van der Waals surface area contributed by atoms with Gasteiger partial charge in [0, 0.05) is 25.8 Å². The summed E-state index contributed by atoms with van der Waals surface area (Å²) in [5.41, 5.74) is 1.45. The van der Waals surface area contributed by atoms with Gasteiger partial charge >= 0.3 is 0 Å². The number of aromatic hydroxyl groups is 1.